The number of halogens is 3. The van der Waals surface area contributed by atoms with Crippen LogP contribution in [0.3, 0.4) is 0 Å². The summed E-state index contributed by atoms with van der Waals surface area (Å²) in [6, 6.07) is 0. The molecule has 1 aliphatic heterocycles. The van der Waals surface area contributed by atoms with Gasteiger partial charge in [-0.15, -0.1) is 0 Å². The standard InChI is InChI=1S/C10H15N5O10P2.Be.FO.2FH/c11-8-5-9(13-2-12-8)15(3-14-5)10-7(17)6(16)4(24-10)1-23-27(21,22)25-26(18,19)20;;1-2;;/h2-4,6-7,10,16-17H,1H2,(H,21,22)(H2,11,12,13)(H2,18,19,20);;;2*1H/q;+2;-1;;/p-3/t4-,6-,7-,10-;;;;/m1..../s1. The van der Waals surface area contributed by atoms with Crippen LogP contribution in [0.4, 0.5) is 10.3 Å². The number of nitrogens with zero attached hydrogens (tertiary/aromatic N) is 4. The molecule has 6 atom stereocenters. The van der Waals surface area contributed by atoms with Crippen molar-refractivity contribution in [3.63, 3.8) is 0 Å². The van der Waals surface area contributed by atoms with E-state index >= 15 is 0 Å². The number of aliphatic hydroxyl groups excluding tert-OH is 2. The van der Waals surface area contributed by atoms with Crippen molar-refractivity contribution in [1.29, 1.82) is 0 Å². The third-order valence-corrected chi connectivity index (χ3v) is 5.73. The Balaban J connectivity index is 0. The molecule has 3 rings (SSSR count). The topological polar surface area (TPSA) is 258 Å². The zero-order chi connectivity index (χ0) is 22.0. The third-order valence-electron chi connectivity index (χ3n) is 3.61. The Morgan fingerprint density at radius 3 is 2.34 bits per heavy atom. The summed E-state index contributed by atoms with van der Waals surface area (Å²) in [4.78, 5) is 39.9. The van der Waals surface area contributed by atoms with Gasteiger partial charge in [-0.3, -0.25) is 13.7 Å². The first-order chi connectivity index (χ1) is 13.5. The van der Waals surface area contributed by atoms with Crippen LogP contribution in [-0.2, 0) is 22.7 Å². The first kappa shape index (κ1) is 32.6. The number of hydrogen-bond donors (Lipinski definition) is 5. The summed E-state index contributed by atoms with van der Waals surface area (Å²) >= 11 is 0. The van der Waals surface area contributed by atoms with E-state index in [1.807, 2.05) is 0 Å². The molecule has 1 fully saturated rings. The number of hydrogen-bond acceptors (Lipinski definition) is 13. The van der Waals surface area contributed by atoms with Gasteiger partial charge in [0, 0.05) is 0 Å². The molecule has 0 aromatic carbocycles. The second-order valence-corrected chi connectivity index (χ2v) is 8.23. The Labute approximate surface area is 179 Å². The van der Waals surface area contributed by atoms with Gasteiger partial charge in [-0.25, -0.2) is 23.8 Å². The predicted octanol–water partition coefficient (Wildman–Crippen LogP) is -9.52. The number of fused-ring (bicyclic) bond motifs is 1. The molecule has 2 unspecified atom stereocenters. The zero-order valence-corrected chi connectivity index (χ0v) is 17.2. The van der Waals surface area contributed by atoms with Gasteiger partial charge in [-0.05, 0) is 0 Å². The zero-order valence-electron chi connectivity index (χ0n) is 15.4. The van der Waals surface area contributed by atoms with E-state index < -0.39 is 46.8 Å². The summed E-state index contributed by atoms with van der Waals surface area (Å²) < 4.78 is 44.7. The minimum atomic E-state index is -5.54. The molecule has 2 aromatic rings. The van der Waals surface area contributed by atoms with Crippen molar-refractivity contribution in [2.45, 2.75) is 24.5 Å². The summed E-state index contributed by atoms with van der Waals surface area (Å²) in [7, 11) is -10.7. The number of phosphoric ester groups is 1. The van der Waals surface area contributed by atoms with Crippen molar-refractivity contribution in [1.82, 2.24) is 19.5 Å². The van der Waals surface area contributed by atoms with Gasteiger partial charge in [0.1, 0.15) is 30.2 Å². The van der Waals surface area contributed by atoms with Crippen LogP contribution >= 0.6 is 15.6 Å². The fourth-order valence-electron chi connectivity index (χ4n) is 2.47. The molecule has 32 heavy (non-hydrogen) atoms. The van der Waals surface area contributed by atoms with Crippen LogP contribution in [0.15, 0.2) is 12.7 Å². The number of ether oxygens (including phenoxy) is 1. The molecule has 180 valence electrons. The van der Waals surface area contributed by atoms with Crippen molar-refractivity contribution >= 4 is 42.7 Å². The van der Waals surface area contributed by atoms with Gasteiger partial charge in [-0.1, -0.05) is 0 Å². The SMILES string of the molecule is Nc1ncnc2c1ncn2[C@@H]1O[C@H](COP(=O)(O)OP(=O)([O-])O)[C@@H](O)[C@H]1O.[Be+2].[F-].[F-].[O-]F. The number of imidazole rings is 1. The van der Waals surface area contributed by atoms with E-state index in [1.54, 1.807) is 0 Å². The number of aliphatic hydroxyl groups is 2. The maximum absolute atomic E-state index is 11.4. The van der Waals surface area contributed by atoms with Crippen LogP contribution in [0.25, 0.3) is 11.2 Å². The van der Waals surface area contributed by atoms with Crippen LogP contribution in [0.1, 0.15) is 6.23 Å². The largest absolute Gasteiger partial charge is 2.00 e. The van der Waals surface area contributed by atoms with Crippen LogP contribution in [0.5, 0.6) is 0 Å². The van der Waals surface area contributed by atoms with Crippen LogP contribution in [-0.4, -0.2) is 74.6 Å². The molecule has 16 nitrogen and oxygen atoms in total. The number of nitrogens with two attached hydrogens (primary N) is 1. The smallest absolute Gasteiger partial charge is 1.00 e. The second kappa shape index (κ2) is 12.6. The van der Waals surface area contributed by atoms with E-state index in [4.69, 9.17) is 25.2 Å². The van der Waals surface area contributed by atoms with Crippen molar-refractivity contribution in [3.8, 4) is 0 Å². The Hall–Kier alpha value is -1.59. The Morgan fingerprint density at radius 2 is 1.78 bits per heavy atom. The van der Waals surface area contributed by atoms with Crippen molar-refractivity contribution in [2.24, 2.45) is 0 Å². The van der Waals surface area contributed by atoms with Crippen molar-refractivity contribution in [3.05, 3.63) is 12.7 Å². The number of aromatic nitrogens is 4. The molecular weight excluding hydrogens is 494 g/mol. The summed E-state index contributed by atoms with van der Waals surface area (Å²) in [5, 5.41) is 27.0. The van der Waals surface area contributed by atoms with Crippen molar-refractivity contribution in [2.75, 3.05) is 12.3 Å². The summed E-state index contributed by atoms with van der Waals surface area (Å²) in [5.74, 6) is 0.0797. The minimum Gasteiger partial charge on any atom is -1.00 e. The minimum absolute atomic E-state index is 0. The van der Waals surface area contributed by atoms with Gasteiger partial charge < -0.3 is 54.6 Å². The van der Waals surface area contributed by atoms with Gasteiger partial charge in [0.2, 0.25) is 0 Å². The molecular formula is C10H14BeF3N5O11P2-2. The van der Waals surface area contributed by atoms with Gasteiger partial charge in [0.05, 0.1) is 12.9 Å². The van der Waals surface area contributed by atoms with E-state index in [0.29, 0.717) is 0 Å². The van der Waals surface area contributed by atoms with Gasteiger partial charge in [0.15, 0.2) is 17.7 Å². The summed E-state index contributed by atoms with van der Waals surface area (Å²) in [6.45, 7) is -0.841. The molecule has 1 aliphatic rings. The molecule has 2 aromatic heterocycles. The number of nitrogen functional groups attached to an aromatic ring is 1. The molecule has 0 spiro atoms. The fraction of sp³-hybridized carbons (Fsp3) is 0.500. The Kier molecular flexibility index (Phi) is 12.8. The first-order valence-electron chi connectivity index (χ1n) is 7.31. The van der Waals surface area contributed by atoms with Gasteiger partial charge >= 0.3 is 17.9 Å². The molecule has 6 N–H and O–H groups in total. The summed E-state index contributed by atoms with van der Waals surface area (Å²) in [6.07, 6.45) is -3.27. The van der Waals surface area contributed by atoms with E-state index in [1.165, 1.54) is 10.9 Å². The van der Waals surface area contributed by atoms with E-state index in [2.05, 4.69) is 23.8 Å². The maximum atomic E-state index is 11.4. The molecule has 3 heterocycles. The molecule has 0 amide bonds. The molecule has 0 saturated carbocycles. The van der Waals surface area contributed by atoms with E-state index in [9.17, 15) is 29.1 Å². The second-order valence-electron chi connectivity index (χ2n) is 5.44. The van der Waals surface area contributed by atoms with Gasteiger partial charge in [-0.2, -0.15) is 0 Å². The first-order valence-corrected chi connectivity index (χ1v) is 10.3. The van der Waals surface area contributed by atoms with Crippen LogP contribution in [0, 0.1) is 0 Å². The van der Waals surface area contributed by atoms with Crippen LogP contribution in [0.2, 0.25) is 0 Å². The Bertz CT molecular complexity index is 954. The molecule has 0 aliphatic carbocycles. The quantitative estimate of drug-likeness (QED) is 0.179. The van der Waals surface area contributed by atoms with Crippen molar-refractivity contribution < 1.29 is 66.8 Å². The maximum Gasteiger partial charge on any atom is 2.00 e. The number of rotatable bonds is 6. The number of phosphoric acid groups is 2. The third kappa shape index (κ3) is 7.48. The predicted molar refractivity (Wildman–Crippen MR) is 89.2 cm³/mol. The normalized spacial score (nSPS) is 25.7. The molecule has 22 heteroatoms. The fourth-order valence-corrected chi connectivity index (χ4v) is 4.04. The molecule has 1 saturated heterocycles. The van der Waals surface area contributed by atoms with E-state index in [0.717, 1.165) is 6.33 Å². The monoisotopic (exact) mass is 508 g/mol. The average Bonchev–Trinajstić information content (AvgIpc) is 3.16. The Morgan fingerprint density at radius 1 is 1.19 bits per heavy atom. The van der Waals surface area contributed by atoms with E-state index in [-0.39, 0.29) is 36.5 Å². The number of anilines is 1. The molecule has 0 radical (unpaired) electrons. The van der Waals surface area contributed by atoms with Crippen LogP contribution < -0.4 is 25.3 Å². The molecule has 0 bridgehead atoms. The average molecular weight is 508 g/mol. The van der Waals surface area contributed by atoms with Gasteiger partial charge in [0.25, 0.3) is 7.82 Å². The summed E-state index contributed by atoms with van der Waals surface area (Å²) in [5.41, 5.74) is 6.09.